The highest BCUT2D eigenvalue weighted by atomic mass is 32.1. The molecular weight excluding hydrogens is 148 g/mol. The zero-order valence-electron chi connectivity index (χ0n) is 5.40. The molecule has 0 aliphatic rings. The van der Waals surface area contributed by atoms with Crippen molar-refractivity contribution in [3.05, 3.63) is 23.8 Å². The van der Waals surface area contributed by atoms with Crippen LogP contribution in [0.3, 0.4) is 0 Å². The highest BCUT2D eigenvalue weighted by Crippen LogP contribution is 1.98. The summed E-state index contributed by atoms with van der Waals surface area (Å²) in [5.41, 5.74) is 0.425. The van der Waals surface area contributed by atoms with Crippen molar-refractivity contribution in [1.82, 2.24) is 9.97 Å². The average molecular weight is 154 g/mol. The molecule has 0 aromatic carbocycles. The smallest absolute Gasteiger partial charge is 0.219 e. The SMILES string of the molecule is Cc1ncc(C(=O)S)cn1. The number of aryl methyl sites for hydroxylation is 1. The Morgan fingerprint density at radius 3 is 2.40 bits per heavy atom. The van der Waals surface area contributed by atoms with E-state index in [9.17, 15) is 4.79 Å². The van der Waals surface area contributed by atoms with E-state index in [1.54, 1.807) is 6.92 Å². The topological polar surface area (TPSA) is 42.9 Å². The van der Waals surface area contributed by atoms with Crippen molar-refractivity contribution in [1.29, 1.82) is 0 Å². The van der Waals surface area contributed by atoms with Crippen LogP contribution in [0.5, 0.6) is 0 Å². The van der Waals surface area contributed by atoms with Crippen molar-refractivity contribution >= 4 is 17.7 Å². The molecule has 1 rings (SSSR count). The van der Waals surface area contributed by atoms with E-state index in [1.165, 1.54) is 12.4 Å². The van der Waals surface area contributed by atoms with E-state index in [-0.39, 0.29) is 5.12 Å². The van der Waals surface area contributed by atoms with Crippen LogP contribution in [-0.2, 0) is 0 Å². The second kappa shape index (κ2) is 2.79. The normalized spacial score (nSPS) is 9.40. The zero-order valence-corrected chi connectivity index (χ0v) is 6.30. The lowest BCUT2D eigenvalue weighted by atomic mass is 10.4. The molecule has 3 nitrogen and oxygen atoms in total. The third kappa shape index (κ3) is 1.54. The van der Waals surface area contributed by atoms with Crippen LogP contribution >= 0.6 is 12.6 Å². The van der Waals surface area contributed by atoms with Gasteiger partial charge in [0.1, 0.15) is 5.82 Å². The summed E-state index contributed by atoms with van der Waals surface area (Å²) >= 11 is 3.60. The second-order valence-electron chi connectivity index (χ2n) is 1.82. The van der Waals surface area contributed by atoms with Crippen LogP contribution in [0, 0.1) is 6.92 Å². The maximum absolute atomic E-state index is 10.5. The van der Waals surface area contributed by atoms with E-state index in [4.69, 9.17) is 0 Å². The predicted octanol–water partition coefficient (Wildman–Crippen LogP) is 0.855. The molecule has 0 atom stereocenters. The predicted molar refractivity (Wildman–Crippen MR) is 40.1 cm³/mol. The van der Waals surface area contributed by atoms with Crippen LogP contribution in [0.4, 0.5) is 0 Å². The van der Waals surface area contributed by atoms with Crippen molar-refractivity contribution in [3.8, 4) is 0 Å². The first kappa shape index (κ1) is 7.21. The fourth-order valence-electron chi connectivity index (χ4n) is 0.503. The summed E-state index contributed by atoms with van der Waals surface area (Å²) in [5.74, 6) is 0.651. The molecule has 0 saturated heterocycles. The lowest BCUT2D eigenvalue weighted by Crippen LogP contribution is -1.93. The number of carbonyl (C=O) groups is 1. The van der Waals surface area contributed by atoms with Crippen LogP contribution in [-0.4, -0.2) is 15.1 Å². The maximum Gasteiger partial charge on any atom is 0.219 e. The van der Waals surface area contributed by atoms with Gasteiger partial charge in [-0.3, -0.25) is 4.79 Å². The van der Waals surface area contributed by atoms with Gasteiger partial charge in [-0.15, -0.1) is 12.6 Å². The third-order valence-corrected chi connectivity index (χ3v) is 1.29. The number of rotatable bonds is 1. The molecule has 10 heavy (non-hydrogen) atoms. The molecule has 0 aliphatic carbocycles. The quantitative estimate of drug-likeness (QED) is 0.610. The number of aromatic nitrogens is 2. The van der Waals surface area contributed by atoms with Crippen LogP contribution in [0.25, 0.3) is 0 Å². The van der Waals surface area contributed by atoms with Gasteiger partial charge in [0.05, 0.1) is 5.56 Å². The summed E-state index contributed by atoms with van der Waals surface area (Å²) in [5, 5.41) is -0.306. The van der Waals surface area contributed by atoms with E-state index < -0.39 is 0 Å². The first-order valence-electron chi connectivity index (χ1n) is 2.72. The van der Waals surface area contributed by atoms with Gasteiger partial charge in [-0.25, -0.2) is 9.97 Å². The van der Waals surface area contributed by atoms with Crippen LogP contribution < -0.4 is 0 Å². The Balaban J connectivity index is 3.00. The van der Waals surface area contributed by atoms with Crippen molar-refractivity contribution in [2.24, 2.45) is 0 Å². The summed E-state index contributed by atoms with van der Waals surface area (Å²) in [7, 11) is 0. The first-order chi connectivity index (χ1) is 4.70. The van der Waals surface area contributed by atoms with Gasteiger partial charge in [-0.1, -0.05) is 0 Å². The van der Waals surface area contributed by atoms with E-state index in [2.05, 4.69) is 22.6 Å². The lowest BCUT2D eigenvalue weighted by molar-refractivity contribution is 0.109. The molecular formula is C6H6N2OS. The summed E-state index contributed by atoms with van der Waals surface area (Å²) in [4.78, 5) is 18.2. The second-order valence-corrected chi connectivity index (χ2v) is 2.23. The van der Waals surface area contributed by atoms with Crippen molar-refractivity contribution in [2.45, 2.75) is 6.92 Å². The fraction of sp³-hybridized carbons (Fsp3) is 0.167. The Bertz CT molecular complexity index is 244. The first-order valence-corrected chi connectivity index (χ1v) is 3.17. The van der Waals surface area contributed by atoms with Crippen LogP contribution in [0.15, 0.2) is 12.4 Å². The molecule has 0 aliphatic heterocycles. The summed E-state index contributed by atoms with van der Waals surface area (Å²) in [6, 6.07) is 0. The number of thiol groups is 1. The highest BCUT2D eigenvalue weighted by molar-refractivity contribution is 7.97. The van der Waals surface area contributed by atoms with Gasteiger partial charge in [0, 0.05) is 12.4 Å². The standard InChI is InChI=1S/C6H6N2OS/c1-4-7-2-5(3-8-4)6(9)10/h2-3H,1H3,(H,9,10). The lowest BCUT2D eigenvalue weighted by Gasteiger charge is -1.91. The van der Waals surface area contributed by atoms with Crippen LogP contribution in [0.1, 0.15) is 16.2 Å². The largest absolute Gasteiger partial charge is 0.282 e. The van der Waals surface area contributed by atoms with Crippen molar-refractivity contribution in [2.75, 3.05) is 0 Å². The van der Waals surface area contributed by atoms with Crippen LogP contribution in [0.2, 0.25) is 0 Å². The highest BCUT2D eigenvalue weighted by Gasteiger charge is 1.98. The van der Waals surface area contributed by atoms with Gasteiger partial charge in [0.15, 0.2) is 0 Å². The van der Waals surface area contributed by atoms with Gasteiger partial charge >= 0.3 is 0 Å². The Hall–Kier alpha value is -0.900. The number of carbonyl (C=O) groups excluding carboxylic acids is 1. The minimum atomic E-state index is -0.306. The molecule has 1 aromatic heterocycles. The molecule has 4 heteroatoms. The van der Waals surface area contributed by atoms with Gasteiger partial charge in [-0.2, -0.15) is 0 Å². The third-order valence-electron chi connectivity index (χ3n) is 1.03. The number of hydrogen-bond donors (Lipinski definition) is 1. The minimum Gasteiger partial charge on any atom is -0.282 e. The molecule has 0 radical (unpaired) electrons. The van der Waals surface area contributed by atoms with Gasteiger partial charge in [0.2, 0.25) is 5.12 Å². The van der Waals surface area contributed by atoms with Gasteiger partial charge < -0.3 is 0 Å². The van der Waals surface area contributed by atoms with Gasteiger partial charge in [-0.05, 0) is 6.92 Å². The minimum absolute atomic E-state index is 0.306. The molecule has 0 amide bonds. The van der Waals surface area contributed by atoms with Crippen molar-refractivity contribution in [3.63, 3.8) is 0 Å². The summed E-state index contributed by atoms with van der Waals surface area (Å²) in [6.07, 6.45) is 2.91. The van der Waals surface area contributed by atoms with Crippen molar-refractivity contribution < 1.29 is 4.79 Å². The molecule has 0 spiro atoms. The maximum atomic E-state index is 10.5. The fourth-order valence-corrected chi connectivity index (χ4v) is 0.618. The molecule has 52 valence electrons. The van der Waals surface area contributed by atoms with E-state index in [0.717, 1.165) is 0 Å². The Morgan fingerprint density at radius 1 is 1.50 bits per heavy atom. The summed E-state index contributed by atoms with van der Waals surface area (Å²) in [6.45, 7) is 1.76. The molecule has 0 fully saturated rings. The zero-order chi connectivity index (χ0) is 7.56. The molecule has 1 aromatic rings. The van der Waals surface area contributed by atoms with Gasteiger partial charge in [0.25, 0.3) is 0 Å². The van der Waals surface area contributed by atoms with E-state index in [1.807, 2.05) is 0 Å². The Kier molecular flexibility index (Phi) is 2.01. The molecule has 0 unspecified atom stereocenters. The molecule has 1 heterocycles. The number of nitrogens with zero attached hydrogens (tertiary/aromatic N) is 2. The molecule has 0 bridgehead atoms. The Morgan fingerprint density at radius 2 is 2.00 bits per heavy atom. The summed E-state index contributed by atoms with van der Waals surface area (Å²) < 4.78 is 0. The van der Waals surface area contributed by atoms with E-state index >= 15 is 0 Å². The average Bonchev–Trinajstić information content (AvgIpc) is 1.88. The number of hydrogen-bond acceptors (Lipinski definition) is 3. The monoisotopic (exact) mass is 154 g/mol. The molecule has 0 N–H and O–H groups in total. The van der Waals surface area contributed by atoms with E-state index in [0.29, 0.717) is 11.4 Å². The Labute approximate surface area is 63.9 Å². The molecule has 0 saturated carbocycles.